The largest absolute Gasteiger partial charge is 0.444 e. The number of aromatic nitrogens is 5. The fraction of sp³-hybridized carbons (Fsp3) is 0.382. The molecule has 0 atom stereocenters. The van der Waals surface area contributed by atoms with Gasteiger partial charge in [-0.05, 0) is 76.2 Å². The number of rotatable bonds is 6. The predicted molar refractivity (Wildman–Crippen MR) is 189 cm³/mol. The lowest BCUT2D eigenvalue weighted by Gasteiger charge is -2.30. The van der Waals surface area contributed by atoms with Crippen LogP contribution in [0.4, 0.5) is 38.5 Å². The molecule has 15 nitrogen and oxygen atoms in total. The molecule has 5 N–H and O–H groups in total. The van der Waals surface area contributed by atoms with E-state index in [9.17, 15) is 9.59 Å². The zero-order valence-corrected chi connectivity index (χ0v) is 28.4. The third-order valence-corrected chi connectivity index (χ3v) is 7.25. The summed E-state index contributed by atoms with van der Waals surface area (Å²) in [5.74, 6) is 2.12. The first-order chi connectivity index (χ1) is 23.6. The van der Waals surface area contributed by atoms with Gasteiger partial charge in [0.1, 0.15) is 22.9 Å². The van der Waals surface area contributed by atoms with Crippen LogP contribution in [0.5, 0.6) is 0 Å². The molecule has 49 heavy (non-hydrogen) atoms. The molecular weight excluding hydrogens is 624 g/mol. The number of nitrogens with one attached hydrogen (secondary N) is 5. The van der Waals surface area contributed by atoms with Crippen LogP contribution in [-0.4, -0.2) is 105 Å². The molecule has 3 amide bonds. The minimum absolute atomic E-state index is 0.0922. The highest BCUT2D eigenvalue weighted by Crippen LogP contribution is 2.20. The quantitative estimate of drug-likeness (QED) is 0.196. The number of ether oxygens (including phenoxy) is 1. The minimum Gasteiger partial charge on any atom is -0.444 e. The van der Waals surface area contributed by atoms with Crippen LogP contribution in [0.25, 0.3) is 11.5 Å². The van der Waals surface area contributed by atoms with E-state index < -0.39 is 0 Å². The van der Waals surface area contributed by atoms with E-state index in [0.717, 1.165) is 56.3 Å². The van der Waals surface area contributed by atoms with Crippen molar-refractivity contribution in [1.82, 2.24) is 45.4 Å². The second-order valence-corrected chi connectivity index (χ2v) is 12.4. The van der Waals surface area contributed by atoms with Gasteiger partial charge >= 0.3 is 12.1 Å². The Kier molecular flexibility index (Phi) is 11.8. The van der Waals surface area contributed by atoms with Gasteiger partial charge < -0.3 is 41.1 Å². The molecule has 0 radical (unpaired) electrons. The van der Waals surface area contributed by atoms with Crippen molar-refractivity contribution in [1.29, 1.82) is 0 Å². The van der Waals surface area contributed by atoms with Gasteiger partial charge in [0, 0.05) is 81.8 Å². The molecule has 5 heterocycles. The lowest BCUT2D eigenvalue weighted by molar-refractivity contribution is 0.0229. The van der Waals surface area contributed by atoms with Gasteiger partial charge in [0.05, 0.1) is 0 Å². The molecule has 0 unspecified atom stereocenters. The SMILES string of the molecule is CC(C)(C)OC(=O)N1CCNCC1.Cc1cccc(-c2nccc(Nc3ccnc(Nc4ccc(NC(=O)N5CCNCC5)cc4)n3)n2)n1. The molecule has 0 aliphatic carbocycles. The highest BCUT2D eigenvalue weighted by molar-refractivity contribution is 5.89. The number of urea groups is 1. The lowest BCUT2D eigenvalue weighted by atomic mass is 10.2. The molecule has 6 rings (SSSR count). The maximum atomic E-state index is 12.4. The van der Waals surface area contributed by atoms with E-state index in [1.807, 2.05) is 70.2 Å². The second kappa shape index (κ2) is 16.6. The monoisotopic (exact) mass is 668 g/mol. The fourth-order valence-electron chi connectivity index (χ4n) is 4.85. The Labute approximate surface area is 286 Å². The van der Waals surface area contributed by atoms with E-state index in [2.05, 4.69) is 51.5 Å². The highest BCUT2D eigenvalue weighted by Gasteiger charge is 2.23. The van der Waals surface area contributed by atoms with Crippen molar-refractivity contribution in [3.8, 4) is 11.5 Å². The molecule has 3 aromatic heterocycles. The topological polar surface area (TPSA) is 174 Å². The Morgan fingerprint density at radius 2 is 1.35 bits per heavy atom. The molecule has 2 aliphatic heterocycles. The van der Waals surface area contributed by atoms with Crippen molar-refractivity contribution < 1.29 is 14.3 Å². The Balaban J connectivity index is 0.000000304. The third kappa shape index (κ3) is 11.1. The van der Waals surface area contributed by atoms with Crippen LogP contribution in [0.1, 0.15) is 26.5 Å². The zero-order chi connectivity index (χ0) is 34.6. The summed E-state index contributed by atoms with van der Waals surface area (Å²) in [6, 6.07) is 16.6. The summed E-state index contributed by atoms with van der Waals surface area (Å²) in [7, 11) is 0. The molecule has 2 saturated heterocycles. The molecular formula is C34H44N12O3. The first kappa shape index (κ1) is 34.9. The van der Waals surface area contributed by atoms with Gasteiger partial charge in [0.25, 0.3) is 0 Å². The van der Waals surface area contributed by atoms with Gasteiger partial charge in [0.2, 0.25) is 5.95 Å². The first-order valence-corrected chi connectivity index (χ1v) is 16.3. The van der Waals surface area contributed by atoms with Gasteiger partial charge in [-0.2, -0.15) is 4.98 Å². The molecule has 2 fully saturated rings. The number of nitrogens with zero attached hydrogens (tertiary/aromatic N) is 7. The van der Waals surface area contributed by atoms with Gasteiger partial charge in [-0.25, -0.2) is 29.5 Å². The molecule has 1 aromatic carbocycles. The average molecular weight is 669 g/mol. The zero-order valence-electron chi connectivity index (χ0n) is 28.4. The summed E-state index contributed by atoms with van der Waals surface area (Å²) in [5.41, 5.74) is 2.74. The van der Waals surface area contributed by atoms with Crippen molar-refractivity contribution in [2.45, 2.75) is 33.3 Å². The Morgan fingerprint density at radius 3 is 2.00 bits per heavy atom. The van der Waals surface area contributed by atoms with Crippen LogP contribution < -0.4 is 26.6 Å². The maximum Gasteiger partial charge on any atom is 0.410 e. The van der Waals surface area contributed by atoms with E-state index in [1.165, 1.54) is 0 Å². The van der Waals surface area contributed by atoms with Gasteiger partial charge in [-0.3, -0.25) is 0 Å². The number of carbonyl (C=O) groups is 2. The van der Waals surface area contributed by atoms with Gasteiger partial charge in [-0.1, -0.05) is 6.07 Å². The number of piperazine rings is 2. The normalized spacial score (nSPS) is 14.6. The van der Waals surface area contributed by atoms with Gasteiger partial charge in [0.15, 0.2) is 5.82 Å². The summed E-state index contributed by atoms with van der Waals surface area (Å²) in [5, 5.41) is 15.7. The molecule has 0 saturated carbocycles. The van der Waals surface area contributed by atoms with Crippen LogP contribution in [0.2, 0.25) is 0 Å². The molecule has 15 heteroatoms. The Bertz CT molecular complexity index is 1680. The van der Waals surface area contributed by atoms with Crippen LogP contribution in [0.3, 0.4) is 0 Å². The molecule has 0 spiro atoms. The van der Waals surface area contributed by atoms with E-state index in [0.29, 0.717) is 42.2 Å². The van der Waals surface area contributed by atoms with Crippen LogP contribution in [0, 0.1) is 6.92 Å². The number of amides is 3. The summed E-state index contributed by atoms with van der Waals surface area (Å²) in [6.07, 6.45) is 3.13. The number of hydrogen-bond acceptors (Lipinski definition) is 12. The van der Waals surface area contributed by atoms with Crippen molar-refractivity contribution in [2.24, 2.45) is 0 Å². The molecule has 4 aromatic rings. The minimum atomic E-state index is -0.387. The van der Waals surface area contributed by atoms with Crippen molar-refractivity contribution in [3.05, 3.63) is 72.7 Å². The fourth-order valence-corrected chi connectivity index (χ4v) is 4.85. The number of benzene rings is 1. The van der Waals surface area contributed by atoms with Crippen LogP contribution in [-0.2, 0) is 4.74 Å². The van der Waals surface area contributed by atoms with Crippen LogP contribution in [0.15, 0.2) is 67.0 Å². The summed E-state index contributed by atoms with van der Waals surface area (Å²) in [4.78, 5) is 49.6. The summed E-state index contributed by atoms with van der Waals surface area (Å²) in [6.45, 7) is 13.8. The van der Waals surface area contributed by atoms with E-state index in [4.69, 9.17) is 4.74 Å². The highest BCUT2D eigenvalue weighted by atomic mass is 16.6. The number of anilines is 5. The van der Waals surface area contributed by atoms with E-state index >= 15 is 0 Å². The Hall–Kier alpha value is -5.41. The predicted octanol–water partition coefficient (Wildman–Crippen LogP) is 4.39. The van der Waals surface area contributed by atoms with Crippen molar-refractivity contribution in [2.75, 3.05) is 68.3 Å². The number of aryl methyl sites for hydroxylation is 1. The summed E-state index contributed by atoms with van der Waals surface area (Å²) >= 11 is 0. The average Bonchev–Trinajstić information content (AvgIpc) is 3.10. The second-order valence-electron chi connectivity index (χ2n) is 12.4. The lowest BCUT2D eigenvalue weighted by Crippen LogP contribution is -2.48. The molecule has 0 bridgehead atoms. The van der Waals surface area contributed by atoms with Crippen molar-refractivity contribution >= 4 is 41.1 Å². The number of pyridine rings is 1. The number of carbonyl (C=O) groups excluding carboxylic acids is 2. The van der Waals surface area contributed by atoms with E-state index in [-0.39, 0.29) is 17.7 Å². The smallest absolute Gasteiger partial charge is 0.410 e. The first-order valence-electron chi connectivity index (χ1n) is 16.3. The molecule has 258 valence electrons. The standard InChI is InChI=1S/C25H26N10O.C9H18N2O2/c1-17-3-2-4-20(29-17)23-27-11-9-21(33-23)32-22-10-12-28-24(34-22)30-18-5-7-19(8-6-18)31-25(36)35-15-13-26-14-16-35;1-9(2,3)13-8(12)11-6-4-10-5-7-11/h2-12,26H,13-16H2,1H3,(H,31,36)(H2,27,28,30,32,33,34);10H,4-7H2,1-3H3. The third-order valence-electron chi connectivity index (χ3n) is 7.25. The number of hydrogen-bond donors (Lipinski definition) is 5. The van der Waals surface area contributed by atoms with Crippen LogP contribution >= 0.6 is 0 Å². The van der Waals surface area contributed by atoms with Gasteiger partial charge in [-0.15, -0.1) is 0 Å². The Morgan fingerprint density at radius 1 is 0.735 bits per heavy atom. The van der Waals surface area contributed by atoms with E-state index in [1.54, 1.807) is 34.3 Å². The maximum absolute atomic E-state index is 12.4. The van der Waals surface area contributed by atoms with Crippen molar-refractivity contribution in [3.63, 3.8) is 0 Å². The molecule has 2 aliphatic rings. The summed E-state index contributed by atoms with van der Waals surface area (Å²) < 4.78 is 5.24.